The molecule has 0 unspecified atom stereocenters. The van der Waals surface area contributed by atoms with E-state index in [1.807, 2.05) is 140 Å². The van der Waals surface area contributed by atoms with Crippen LogP contribution in [0.15, 0.2) is 164 Å². The van der Waals surface area contributed by atoms with Crippen molar-refractivity contribution < 1.29 is 0 Å². The molecule has 332 valence electrons. The predicted octanol–water partition coefficient (Wildman–Crippen LogP) is 17.2. The first kappa shape index (κ1) is 44.0. The van der Waals surface area contributed by atoms with Crippen LogP contribution < -0.4 is 0 Å². The van der Waals surface area contributed by atoms with Gasteiger partial charge in [-0.2, -0.15) is 15.8 Å². The number of para-hydroxylation sites is 2. The molecular weight excluding hydrogens is 897 g/mol. The van der Waals surface area contributed by atoms with E-state index in [1.54, 1.807) is 0 Å². The number of aromatic nitrogens is 2. The Labute approximate surface area is 419 Å². The lowest BCUT2D eigenvalue weighted by Gasteiger charge is -2.21. The standard InChI is InChI=1S/C63H30N10/c1-37-18-22-45(52(26-37)69-4)39-19-23-59(72-55-15-9-7-12-46(55)48-32-41(20-24-57(48)72)62-43(36-66)29-44(67-2)33-54(62)71-6)50(30-39)63-51(68-3)14-11-17-60(63)73-56-16-10-8-13-47(56)49-31-40(21-25-58(49)73)61-42(35-65)27-38(34-64)28-53(61)70-5/h7-33H,1H3. The Hall–Kier alpha value is -11.5. The van der Waals surface area contributed by atoms with E-state index in [4.69, 9.17) is 32.9 Å². The first-order valence-corrected chi connectivity index (χ1v) is 22.7. The highest BCUT2D eigenvalue weighted by Gasteiger charge is 2.25. The molecule has 0 amide bonds. The highest BCUT2D eigenvalue weighted by Crippen LogP contribution is 2.48. The highest BCUT2D eigenvalue weighted by molar-refractivity contribution is 6.14. The minimum absolute atomic E-state index is 0.199. The maximum atomic E-state index is 10.3. The monoisotopic (exact) mass is 926 g/mol. The summed E-state index contributed by atoms with van der Waals surface area (Å²) in [6.45, 7) is 42.6. The third-order valence-electron chi connectivity index (χ3n) is 13.4. The number of fused-ring (bicyclic) bond motifs is 6. The lowest BCUT2D eigenvalue weighted by Crippen LogP contribution is -2.02. The van der Waals surface area contributed by atoms with Crippen molar-refractivity contribution >= 4 is 72.0 Å². The average molecular weight is 927 g/mol. The van der Waals surface area contributed by atoms with Crippen molar-refractivity contribution in [3.8, 4) is 74.1 Å². The lowest BCUT2D eigenvalue weighted by atomic mass is 9.93. The van der Waals surface area contributed by atoms with E-state index in [9.17, 15) is 15.8 Å². The van der Waals surface area contributed by atoms with E-state index in [1.165, 1.54) is 24.3 Å². The Kier molecular flexibility index (Phi) is 10.6. The van der Waals surface area contributed by atoms with E-state index < -0.39 is 0 Å². The van der Waals surface area contributed by atoms with Crippen molar-refractivity contribution in [2.45, 2.75) is 6.92 Å². The molecule has 0 aliphatic rings. The minimum atomic E-state index is 0.199. The molecular formula is C63H30N10. The number of hydrogen-bond acceptors (Lipinski definition) is 3. The average Bonchev–Trinajstić information content (AvgIpc) is 3.95. The van der Waals surface area contributed by atoms with Gasteiger partial charge in [-0.15, -0.1) is 0 Å². The molecule has 0 fully saturated rings. The zero-order valence-corrected chi connectivity index (χ0v) is 38.6. The molecule has 10 nitrogen and oxygen atoms in total. The smallest absolute Gasteiger partial charge is 0.197 e. The molecule has 11 aromatic rings. The van der Waals surface area contributed by atoms with E-state index >= 15 is 0 Å². The molecule has 10 heteroatoms. The molecule has 0 aliphatic carbocycles. The van der Waals surface area contributed by atoms with Gasteiger partial charge in [0.15, 0.2) is 28.4 Å². The fourth-order valence-corrected chi connectivity index (χ4v) is 10.3. The van der Waals surface area contributed by atoms with Gasteiger partial charge >= 0.3 is 0 Å². The predicted molar refractivity (Wildman–Crippen MR) is 287 cm³/mol. The molecule has 0 aliphatic heterocycles. The highest BCUT2D eigenvalue weighted by atomic mass is 15.0. The summed E-state index contributed by atoms with van der Waals surface area (Å²) in [5.41, 5.74) is 12.9. The second-order valence-corrected chi connectivity index (χ2v) is 17.3. The van der Waals surface area contributed by atoms with Crippen LogP contribution in [0.1, 0.15) is 22.3 Å². The molecule has 2 aromatic heterocycles. The summed E-state index contributed by atoms with van der Waals surface area (Å²) < 4.78 is 4.31. The van der Waals surface area contributed by atoms with E-state index in [-0.39, 0.29) is 33.8 Å². The van der Waals surface area contributed by atoms with Gasteiger partial charge in [0.25, 0.3) is 0 Å². The minimum Gasteiger partial charge on any atom is -0.310 e. The Morgan fingerprint density at radius 2 is 0.945 bits per heavy atom. The molecule has 0 radical (unpaired) electrons. The van der Waals surface area contributed by atoms with Crippen LogP contribution in [0.5, 0.6) is 0 Å². The summed E-state index contributed by atoms with van der Waals surface area (Å²) in [4.78, 5) is 19.1. The fraction of sp³-hybridized carbons (Fsp3) is 0.0159. The van der Waals surface area contributed by atoms with Crippen LogP contribution in [0.4, 0.5) is 28.4 Å². The molecule has 0 saturated heterocycles. The van der Waals surface area contributed by atoms with Crippen molar-refractivity contribution in [2.75, 3.05) is 0 Å². The van der Waals surface area contributed by atoms with Crippen molar-refractivity contribution in [2.24, 2.45) is 0 Å². The van der Waals surface area contributed by atoms with Crippen LogP contribution in [-0.2, 0) is 0 Å². The Morgan fingerprint density at radius 3 is 1.53 bits per heavy atom. The van der Waals surface area contributed by atoms with Crippen LogP contribution in [0.3, 0.4) is 0 Å². The number of rotatable bonds is 6. The molecule has 11 rings (SSSR count). The van der Waals surface area contributed by atoms with Gasteiger partial charge in [0, 0.05) is 55.0 Å². The van der Waals surface area contributed by atoms with E-state index in [0.717, 1.165) is 66.0 Å². The second kappa shape index (κ2) is 17.5. The summed E-state index contributed by atoms with van der Waals surface area (Å²) >= 11 is 0. The summed E-state index contributed by atoms with van der Waals surface area (Å²) in [6.07, 6.45) is 0. The molecule has 0 spiro atoms. The van der Waals surface area contributed by atoms with Crippen molar-refractivity contribution in [3.63, 3.8) is 0 Å². The third-order valence-corrected chi connectivity index (χ3v) is 13.4. The van der Waals surface area contributed by atoms with Gasteiger partial charge in [-0.1, -0.05) is 96.6 Å². The van der Waals surface area contributed by atoms with Crippen LogP contribution in [0, 0.1) is 73.8 Å². The topological polar surface area (TPSA) is 103 Å². The summed E-state index contributed by atoms with van der Waals surface area (Å²) in [7, 11) is 0. The number of aryl methyl sites for hydroxylation is 1. The lowest BCUT2D eigenvalue weighted by molar-refractivity contribution is 1.16. The van der Waals surface area contributed by atoms with Gasteiger partial charge in [0.1, 0.15) is 0 Å². The molecule has 73 heavy (non-hydrogen) atoms. The Morgan fingerprint density at radius 1 is 0.384 bits per heavy atom. The Bertz CT molecular complexity index is 4550. The van der Waals surface area contributed by atoms with Crippen LogP contribution >= 0.6 is 0 Å². The largest absolute Gasteiger partial charge is 0.310 e. The number of nitrogens with zero attached hydrogens (tertiary/aromatic N) is 10. The molecule has 0 saturated carbocycles. The van der Waals surface area contributed by atoms with Crippen LogP contribution in [-0.4, -0.2) is 9.13 Å². The normalized spacial score (nSPS) is 10.7. The van der Waals surface area contributed by atoms with Crippen LogP contribution in [0.2, 0.25) is 0 Å². The number of benzene rings is 9. The molecule has 0 atom stereocenters. The number of hydrogen-bond donors (Lipinski definition) is 0. The van der Waals surface area contributed by atoms with Crippen LogP contribution in [0.25, 0.3) is 124 Å². The summed E-state index contributed by atoms with van der Waals surface area (Å²) in [6, 6.07) is 57.8. The zero-order chi connectivity index (χ0) is 50.5. The van der Waals surface area contributed by atoms with Crippen molar-refractivity contribution in [3.05, 3.63) is 243 Å². The number of nitriles is 3. The van der Waals surface area contributed by atoms with Gasteiger partial charge in [-0.3, -0.25) is 0 Å². The summed E-state index contributed by atoms with van der Waals surface area (Å²) in [5.74, 6) is 0. The fourth-order valence-electron chi connectivity index (χ4n) is 10.3. The van der Waals surface area contributed by atoms with Gasteiger partial charge in [0.05, 0.1) is 84.4 Å². The maximum Gasteiger partial charge on any atom is 0.197 e. The maximum absolute atomic E-state index is 10.3. The van der Waals surface area contributed by atoms with E-state index in [0.29, 0.717) is 50.4 Å². The zero-order valence-electron chi connectivity index (χ0n) is 38.6. The van der Waals surface area contributed by atoms with Gasteiger partial charge in [0.2, 0.25) is 0 Å². The SMILES string of the molecule is [C-]#[N+]c1cc(C#N)c(-c2ccc3c(c2)c2ccccc2n3-c2ccc(-c3ccc(C)cc3[N+]#[C-])cc2-c2c([N+]#[C-])cccc2-n2c3ccccc3c3cc(-c4c(C#N)cc(C#N)cc4[N+]#[C-])ccc32)c([N+]#[C-])c1. The first-order chi connectivity index (χ1) is 35.7. The second-order valence-electron chi connectivity index (χ2n) is 17.3. The summed E-state index contributed by atoms with van der Waals surface area (Å²) in [5, 5.41) is 33.7. The van der Waals surface area contributed by atoms with Gasteiger partial charge < -0.3 is 9.13 Å². The molecule has 0 bridgehead atoms. The molecule has 0 N–H and O–H groups in total. The third kappa shape index (κ3) is 6.96. The molecule has 9 aromatic carbocycles. The first-order valence-electron chi connectivity index (χ1n) is 22.7. The van der Waals surface area contributed by atoms with Gasteiger partial charge in [-0.25, -0.2) is 24.2 Å². The van der Waals surface area contributed by atoms with E-state index in [2.05, 4.69) is 57.6 Å². The van der Waals surface area contributed by atoms with Crippen molar-refractivity contribution in [1.82, 2.24) is 9.13 Å². The quantitative estimate of drug-likeness (QED) is 0.155. The van der Waals surface area contributed by atoms with Gasteiger partial charge in [-0.05, 0) is 108 Å². The Balaban J connectivity index is 1.22. The van der Waals surface area contributed by atoms with Crippen molar-refractivity contribution in [1.29, 1.82) is 15.8 Å². The molecule has 2 heterocycles.